The number of aliphatic hydroxyl groups excluding tert-OH is 1. The number of hydrogen-bond donors (Lipinski definition) is 4. The third-order valence-corrected chi connectivity index (χ3v) is 8.45. The first-order valence-corrected chi connectivity index (χ1v) is 15.3. The molecule has 2 saturated heterocycles. The molecule has 2 unspecified atom stereocenters. The first-order chi connectivity index (χ1) is 22.7. The fourth-order valence-corrected chi connectivity index (χ4v) is 6.05. The van der Waals surface area contributed by atoms with Crippen molar-refractivity contribution in [3.05, 3.63) is 82.2 Å². The van der Waals surface area contributed by atoms with E-state index in [2.05, 4.69) is 20.7 Å². The summed E-state index contributed by atoms with van der Waals surface area (Å²) in [6.45, 7) is 1.42. The lowest BCUT2D eigenvalue weighted by Crippen LogP contribution is -2.72. The third kappa shape index (κ3) is 8.22. The molecule has 1 saturated carbocycles. The molecule has 0 bridgehead atoms. The van der Waals surface area contributed by atoms with E-state index in [1.165, 1.54) is 0 Å². The van der Waals surface area contributed by atoms with Crippen molar-refractivity contribution in [3.8, 4) is 0 Å². The summed E-state index contributed by atoms with van der Waals surface area (Å²) in [5, 5.41) is 30.7. The Morgan fingerprint density at radius 3 is 2.40 bits per heavy atom. The smallest absolute Gasteiger partial charge is 0.408 e. The molecule has 3 aliphatic rings. The minimum atomic E-state index is -1.64. The quantitative estimate of drug-likeness (QED) is 0.149. The predicted octanol–water partition coefficient (Wildman–Crippen LogP) is 3.29. The zero-order valence-electron chi connectivity index (χ0n) is 25.7. The number of benzene rings is 2. The van der Waals surface area contributed by atoms with Crippen molar-refractivity contribution >= 4 is 18.3 Å². The van der Waals surface area contributed by atoms with Crippen LogP contribution in [0.3, 0.4) is 0 Å². The number of carbonyl (C=O) groups is 3. The second kappa shape index (κ2) is 15.3. The normalized spacial score (nSPS) is 29.7. The van der Waals surface area contributed by atoms with E-state index >= 15 is 0 Å². The van der Waals surface area contributed by atoms with Gasteiger partial charge in [0.1, 0.15) is 31.0 Å². The summed E-state index contributed by atoms with van der Waals surface area (Å²) in [6.07, 6.45) is -7.52. The summed E-state index contributed by atoms with van der Waals surface area (Å²) in [5.41, 5.74) is 10.5. The number of rotatable bonds is 12. The molecule has 3 fully saturated rings. The average Bonchev–Trinajstić information content (AvgIpc) is 3.48. The standard InChI is InChI=1S/C31H38N6O10/c1-2-37(30(41)42)18-31(14-13-21(17-45-31)35-36-32)47-27-23(33-28(39)44-16-20-11-7-4-8-12-20)25(43-15-19-9-5-3-6-10-19)22-26(24(27)38)46-29(40)34-22/h3-12,21-27,38H,2,13-18H2,1H3,(H,33,39)(H,34,40)(H,41,42)/t21-,22+,23?,24+,25+,26-,27+,31?/m0/s1. The molecule has 0 radical (unpaired) electrons. The molecular formula is C31H38N6O10. The Morgan fingerprint density at radius 2 is 1.81 bits per heavy atom. The molecule has 47 heavy (non-hydrogen) atoms. The lowest BCUT2D eigenvalue weighted by molar-refractivity contribution is -0.311. The fraction of sp³-hybridized carbons (Fsp3) is 0.516. The molecular weight excluding hydrogens is 616 g/mol. The number of likely N-dealkylation sites (N-methyl/N-ethyl adjacent to an activating group) is 1. The Morgan fingerprint density at radius 1 is 1.13 bits per heavy atom. The van der Waals surface area contributed by atoms with Gasteiger partial charge in [-0.1, -0.05) is 65.8 Å². The van der Waals surface area contributed by atoms with Gasteiger partial charge in [-0.15, -0.1) is 0 Å². The molecule has 5 rings (SSSR count). The van der Waals surface area contributed by atoms with Gasteiger partial charge in [0.2, 0.25) is 0 Å². The number of hydrogen-bond acceptors (Lipinski definition) is 10. The van der Waals surface area contributed by atoms with Crippen LogP contribution in [0.15, 0.2) is 65.8 Å². The van der Waals surface area contributed by atoms with Gasteiger partial charge in [-0.2, -0.15) is 0 Å². The Hall–Kier alpha value is -4.60. The highest BCUT2D eigenvalue weighted by Crippen LogP contribution is 2.37. The SMILES string of the molecule is CCN(CC1(O[C@@H]2C(NC(=O)OCc3ccccc3)[C@H](OCc3ccccc3)[C@H]3NC(=O)O[C@@H]3[C@H]2O)CC[C@H](N=[N+]=[N-])CO1)C(=O)O. The first-order valence-electron chi connectivity index (χ1n) is 15.3. The molecule has 16 nitrogen and oxygen atoms in total. The van der Waals surface area contributed by atoms with E-state index in [1.807, 2.05) is 36.4 Å². The minimum absolute atomic E-state index is 0.0488. The molecule has 0 aromatic heterocycles. The van der Waals surface area contributed by atoms with Gasteiger partial charge in [0.05, 0.1) is 31.8 Å². The molecule has 2 aromatic rings. The average molecular weight is 655 g/mol. The fourth-order valence-electron chi connectivity index (χ4n) is 6.05. The van der Waals surface area contributed by atoms with Gasteiger partial charge in [0.15, 0.2) is 11.9 Å². The topological polar surface area (TPSA) is 214 Å². The summed E-state index contributed by atoms with van der Waals surface area (Å²) in [7, 11) is 0. The molecule has 16 heteroatoms. The Kier molecular flexibility index (Phi) is 11.0. The van der Waals surface area contributed by atoms with Gasteiger partial charge in [-0.3, -0.25) is 0 Å². The van der Waals surface area contributed by atoms with Crippen LogP contribution in [-0.4, -0.2) is 101 Å². The summed E-state index contributed by atoms with van der Waals surface area (Å²) in [4.78, 5) is 41.8. The molecule has 2 aromatic carbocycles. The molecule has 3 amide bonds. The number of carbonyl (C=O) groups excluding carboxylic acids is 2. The maximum Gasteiger partial charge on any atom is 0.408 e. The number of ether oxygens (including phenoxy) is 5. The number of azide groups is 1. The van der Waals surface area contributed by atoms with Crippen molar-refractivity contribution in [2.75, 3.05) is 19.7 Å². The zero-order valence-corrected chi connectivity index (χ0v) is 25.7. The number of alkyl carbamates (subject to hydrolysis) is 2. The predicted molar refractivity (Wildman–Crippen MR) is 163 cm³/mol. The van der Waals surface area contributed by atoms with Crippen LogP contribution < -0.4 is 10.6 Å². The van der Waals surface area contributed by atoms with Crippen molar-refractivity contribution in [2.45, 2.75) is 81.3 Å². The van der Waals surface area contributed by atoms with Crippen LogP contribution in [0, 0.1) is 0 Å². The summed E-state index contributed by atoms with van der Waals surface area (Å²) in [5.74, 6) is -1.64. The van der Waals surface area contributed by atoms with Gasteiger partial charge >= 0.3 is 18.3 Å². The highest BCUT2D eigenvalue weighted by molar-refractivity contribution is 5.71. The Labute approximate surface area is 270 Å². The van der Waals surface area contributed by atoms with E-state index in [4.69, 9.17) is 29.2 Å². The van der Waals surface area contributed by atoms with Crippen LogP contribution in [-0.2, 0) is 36.9 Å². The van der Waals surface area contributed by atoms with E-state index in [0.717, 1.165) is 16.0 Å². The van der Waals surface area contributed by atoms with Crippen molar-refractivity contribution in [3.63, 3.8) is 0 Å². The maximum atomic E-state index is 13.3. The molecule has 8 atom stereocenters. The van der Waals surface area contributed by atoms with Crippen LogP contribution in [0.1, 0.15) is 30.9 Å². The van der Waals surface area contributed by atoms with E-state index in [-0.39, 0.29) is 45.8 Å². The molecule has 2 heterocycles. The highest BCUT2D eigenvalue weighted by Gasteiger charge is 2.59. The van der Waals surface area contributed by atoms with Gasteiger partial charge < -0.3 is 49.4 Å². The van der Waals surface area contributed by atoms with Gasteiger partial charge in [0.25, 0.3) is 0 Å². The van der Waals surface area contributed by atoms with E-state index in [0.29, 0.717) is 0 Å². The van der Waals surface area contributed by atoms with Gasteiger partial charge in [-0.25, -0.2) is 14.4 Å². The summed E-state index contributed by atoms with van der Waals surface area (Å²) in [6, 6.07) is 15.7. The second-order valence-corrected chi connectivity index (χ2v) is 11.5. The van der Waals surface area contributed by atoms with Crippen LogP contribution >= 0.6 is 0 Å². The zero-order chi connectivity index (χ0) is 33.4. The van der Waals surface area contributed by atoms with Crippen LogP contribution in [0.4, 0.5) is 14.4 Å². The molecule has 1 aliphatic carbocycles. The van der Waals surface area contributed by atoms with Gasteiger partial charge in [0, 0.05) is 17.9 Å². The van der Waals surface area contributed by atoms with Crippen LogP contribution in [0.25, 0.3) is 10.4 Å². The number of nitrogens with zero attached hydrogens (tertiary/aromatic N) is 4. The summed E-state index contributed by atoms with van der Waals surface area (Å²) >= 11 is 0. The Bertz CT molecular complexity index is 1420. The molecule has 0 spiro atoms. The highest BCUT2D eigenvalue weighted by atomic mass is 16.7. The van der Waals surface area contributed by atoms with Crippen LogP contribution in [0.2, 0.25) is 0 Å². The lowest BCUT2D eigenvalue weighted by Gasteiger charge is -2.50. The van der Waals surface area contributed by atoms with Gasteiger partial charge in [-0.05, 0) is 30.0 Å². The Balaban J connectivity index is 1.47. The first kappa shape index (κ1) is 33.8. The summed E-state index contributed by atoms with van der Waals surface area (Å²) < 4.78 is 30.0. The molecule has 252 valence electrons. The molecule has 2 aliphatic heterocycles. The number of fused-ring (bicyclic) bond motifs is 1. The van der Waals surface area contributed by atoms with E-state index in [1.54, 1.807) is 31.2 Å². The van der Waals surface area contributed by atoms with Crippen molar-refractivity contribution in [1.82, 2.24) is 15.5 Å². The van der Waals surface area contributed by atoms with Crippen LogP contribution in [0.5, 0.6) is 0 Å². The van der Waals surface area contributed by atoms with Crippen molar-refractivity contribution in [1.29, 1.82) is 0 Å². The van der Waals surface area contributed by atoms with Crippen molar-refractivity contribution in [2.24, 2.45) is 5.11 Å². The number of carboxylic acid groups (broad SMARTS) is 1. The lowest BCUT2D eigenvalue weighted by atomic mass is 9.81. The second-order valence-electron chi connectivity index (χ2n) is 11.5. The number of aliphatic hydroxyl groups is 1. The number of nitrogens with one attached hydrogen (secondary N) is 2. The van der Waals surface area contributed by atoms with E-state index < -0.39 is 66.6 Å². The largest absolute Gasteiger partial charge is 0.465 e. The molecule has 4 N–H and O–H groups in total. The minimum Gasteiger partial charge on any atom is -0.465 e. The third-order valence-electron chi connectivity index (χ3n) is 8.45. The van der Waals surface area contributed by atoms with Crippen molar-refractivity contribution < 1.29 is 48.3 Å². The maximum absolute atomic E-state index is 13.3. The van der Waals surface area contributed by atoms with E-state index in [9.17, 15) is 24.6 Å². The number of amides is 3. The monoisotopic (exact) mass is 654 g/mol.